The number of benzene rings is 1. The Bertz CT molecular complexity index is 739. The Kier molecular flexibility index (Phi) is 4.55. The fraction of sp³-hybridized carbons (Fsp3) is 0.294. The maximum absolute atomic E-state index is 12.3. The van der Waals surface area contributed by atoms with Gasteiger partial charge in [0.25, 0.3) is 11.5 Å². The van der Waals surface area contributed by atoms with Crippen molar-refractivity contribution in [3.8, 4) is 5.69 Å². The lowest BCUT2D eigenvalue weighted by molar-refractivity contribution is 0.0573. The van der Waals surface area contributed by atoms with Crippen molar-refractivity contribution in [2.75, 3.05) is 13.2 Å². The van der Waals surface area contributed by atoms with Crippen LogP contribution in [0.25, 0.3) is 5.69 Å². The van der Waals surface area contributed by atoms with Crippen molar-refractivity contribution in [3.63, 3.8) is 0 Å². The van der Waals surface area contributed by atoms with E-state index in [4.69, 9.17) is 10.5 Å². The molecule has 0 bridgehead atoms. The first-order chi connectivity index (χ1) is 11.1. The van der Waals surface area contributed by atoms with Crippen LogP contribution in [0.2, 0.25) is 0 Å². The number of ether oxygens (including phenoxy) is 1. The number of rotatable bonds is 3. The number of carbonyl (C=O) groups is 1. The number of hydrogen-bond acceptors (Lipinski definition) is 4. The summed E-state index contributed by atoms with van der Waals surface area (Å²) in [5.41, 5.74) is 7.09. The zero-order valence-electron chi connectivity index (χ0n) is 12.6. The molecule has 2 heterocycles. The number of hydrogen-bond donors (Lipinski definition) is 2. The average molecular weight is 313 g/mol. The van der Waals surface area contributed by atoms with Gasteiger partial charge in [0, 0.05) is 42.2 Å². The number of nitrogens with zero attached hydrogens (tertiary/aromatic N) is 1. The Balaban J connectivity index is 1.73. The summed E-state index contributed by atoms with van der Waals surface area (Å²) >= 11 is 0. The quantitative estimate of drug-likeness (QED) is 0.872. The van der Waals surface area contributed by atoms with Crippen LogP contribution in [0.4, 0.5) is 0 Å². The molecule has 0 spiro atoms. The molecule has 6 heteroatoms. The van der Waals surface area contributed by atoms with E-state index in [0.717, 1.165) is 5.69 Å². The predicted octanol–water partition coefficient (Wildman–Crippen LogP) is 0.683. The molecule has 120 valence electrons. The first-order valence-corrected chi connectivity index (χ1v) is 7.57. The van der Waals surface area contributed by atoms with Crippen LogP contribution in [0.1, 0.15) is 16.8 Å². The number of aromatic nitrogens is 1. The highest BCUT2D eigenvalue weighted by molar-refractivity contribution is 5.94. The lowest BCUT2D eigenvalue weighted by Gasteiger charge is -2.29. The number of pyridine rings is 1. The lowest BCUT2D eigenvalue weighted by Crippen LogP contribution is -2.53. The van der Waals surface area contributed by atoms with Crippen LogP contribution >= 0.6 is 0 Å². The predicted molar refractivity (Wildman–Crippen MR) is 86.7 cm³/mol. The monoisotopic (exact) mass is 313 g/mol. The molecule has 1 aliphatic rings. The normalized spacial score (nSPS) is 20.9. The minimum Gasteiger partial charge on any atom is -0.380 e. The summed E-state index contributed by atoms with van der Waals surface area (Å²) in [6, 6.07) is 11.6. The van der Waals surface area contributed by atoms with Crippen molar-refractivity contribution < 1.29 is 9.53 Å². The number of nitrogens with two attached hydrogens (primary N) is 1. The Hall–Kier alpha value is -2.44. The highest BCUT2D eigenvalue weighted by Crippen LogP contribution is 2.10. The van der Waals surface area contributed by atoms with E-state index in [2.05, 4.69) is 5.32 Å². The van der Waals surface area contributed by atoms with E-state index in [-0.39, 0.29) is 23.6 Å². The molecular weight excluding hydrogens is 294 g/mol. The summed E-state index contributed by atoms with van der Waals surface area (Å²) in [6.45, 7) is 1.06. The molecule has 1 fully saturated rings. The van der Waals surface area contributed by atoms with Gasteiger partial charge in [0.1, 0.15) is 0 Å². The maximum atomic E-state index is 12.3. The molecule has 3 N–H and O–H groups in total. The summed E-state index contributed by atoms with van der Waals surface area (Å²) < 4.78 is 6.79. The van der Waals surface area contributed by atoms with Gasteiger partial charge >= 0.3 is 0 Å². The Morgan fingerprint density at radius 3 is 2.70 bits per heavy atom. The Morgan fingerprint density at radius 1 is 1.22 bits per heavy atom. The molecular formula is C17H19N3O3. The molecule has 1 aromatic heterocycles. The molecule has 2 unspecified atom stereocenters. The van der Waals surface area contributed by atoms with Crippen molar-refractivity contribution in [2.45, 2.75) is 18.5 Å². The third-order valence-corrected chi connectivity index (χ3v) is 3.95. The van der Waals surface area contributed by atoms with E-state index in [1.165, 1.54) is 10.6 Å². The smallest absolute Gasteiger partial charge is 0.255 e. The second-order valence-electron chi connectivity index (χ2n) is 5.56. The first kappa shape index (κ1) is 15.5. The summed E-state index contributed by atoms with van der Waals surface area (Å²) in [5, 5.41) is 2.94. The van der Waals surface area contributed by atoms with E-state index in [1.54, 1.807) is 42.6 Å². The van der Waals surface area contributed by atoms with E-state index in [0.29, 0.717) is 25.2 Å². The third-order valence-electron chi connectivity index (χ3n) is 3.95. The highest BCUT2D eigenvalue weighted by atomic mass is 16.5. The summed E-state index contributed by atoms with van der Waals surface area (Å²) in [7, 11) is 0. The Morgan fingerprint density at radius 2 is 2.00 bits per heavy atom. The minimum atomic E-state index is -0.185. The number of amides is 1. The van der Waals surface area contributed by atoms with E-state index in [9.17, 15) is 9.59 Å². The van der Waals surface area contributed by atoms with Crippen LogP contribution in [0.5, 0.6) is 0 Å². The van der Waals surface area contributed by atoms with Gasteiger partial charge in [-0.1, -0.05) is 6.07 Å². The van der Waals surface area contributed by atoms with Crippen LogP contribution in [-0.2, 0) is 4.74 Å². The molecule has 0 radical (unpaired) electrons. The third kappa shape index (κ3) is 3.49. The van der Waals surface area contributed by atoms with E-state index >= 15 is 0 Å². The number of carbonyl (C=O) groups excluding carboxylic acids is 1. The van der Waals surface area contributed by atoms with Crippen LogP contribution in [0, 0.1) is 0 Å². The summed E-state index contributed by atoms with van der Waals surface area (Å²) in [4.78, 5) is 24.1. The highest BCUT2D eigenvalue weighted by Gasteiger charge is 2.24. The molecule has 2 aromatic rings. The van der Waals surface area contributed by atoms with Crippen LogP contribution < -0.4 is 16.6 Å². The Labute approximate surface area is 133 Å². The van der Waals surface area contributed by atoms with Crippen LogP contribution in [-0.4, -0.2) is 35.8 Å². The largest absolute Gasteiger partial charge is 0.380 e. The SMILES string of the molecule is NC1COCCC1NC(=O)c1ccc(-n2ccccc2=O)cc1. The van der Waals surface area contributed by atoms with Crippen LogP contribution in [0.15, 0.2) is 53.5 Å². The standard InChI is InChI=1S/C17H19N3O3/c18-14-11-23-10-8-15(14)19-17(22)12-4-6-13(7-5-12)20-9-2-1-3-16(20)21/h1-7,9,14-15H,8,10-11,18H2,(H,19,22). The van der Waals surface area contributed by atoms with Gasteiger partial charge in [-0.2, -0.15) is 0 Å². The molecule has 1 saturated heterocycles. The molecule has 6 nitrogen and oxygen atoms in total. The summed E-state index contributed by atoms with van der Waals surface area (Å²) in [6.07, 6.45) is 2.41. The molecule has 3 rings (SSSR count). The van der Waals surface area contributed by atoms with E-state index in [1.807, 2.05) is 0 Å². The van der Waals surface area contributed by atoms with Crippen molar-refractivity contribution in [1.82, 2.24) is 9.88 Å². The van der Waals surface area contributed by atoms with Crippen molar-refractivity contribution in [2.24, 2.45) is 5.73 Å². The van der Waals surface area contributed by atoms with Crippen molar-refractivity contribution >= 4 is 5.91 Å². The topological polar surface area (TPSA) is 86.3 Å². The van der Waals surface area contributed by atoms with Crippen molar-refractivity contribution in [3.05, 3.63) is 64.6 Å². The second-order valence-corrected chi connectivity index (χ2v) is 5.56. The fourth-order valence-corrected chi connectivity index (χ4v) is 2.60. The van der Waals surface area contributed by atoms with Gasteiger partial charge in [-0.3, -0.25) is 14.2 Å². The number of nitrogens with one attached hydrogen (secondary N) is 1. The molecule has 1 aliphatic heterocycles. The molecule has 1 aromatic carbocycles. The van der Waals surface area contributed by atoms with E-state index < -0.39 is 0 Å². The molecule has 0 aliphatic carbocycles. The molecule has 23 heavy (non-hydrogen) atoms. The van der Waals surface area contributed by atoms with Gasteiger partial charge in [-0.15, -0.1) is 0 Å². The lowest BCUT2D eigenvalue weighted by atomic mass is 10.0. The molecule has 2 atom stereocenters. The van der Waals surface area contributed by atoms with Gasteiger partial charge < -0.3 is 15.8 Å². The minimum absolute atomic E-state index is 0.0762. The zero-order chi connectivity index (χ0) is 16.2. The van der Waals surface area contributed by atoms with Gasteiger partial charge in [0.15, 0.2) is 0 Å². The van der Waals surface area contributed by atoms with Crippen molar-refractivity contribution in [1.29, 1.82) is 0 Å². The fourth-order valence-electron chi connectivity index (χ4n) is 2.60. The summed E-state index contributed by atoms with van der Waals surface area (Å²) in [5.74, 6) is -0.167. The van der Waals surface area contributed by atoms with Crippen LogP contribution in [0.3, 0.4) is 0 Å². The molecule has 0 saturated carbocycles. The van der Waals surface area contributed by atoms with Gasteiger partial charge in [-0.05, 0) is 36.8 Å². The second kappa shape index (κ2) is 6.76. The van der Waals surface area contributed by atoms with Gasteiger partial charge in [0.2, 0.25) is 0 Å². The molecule has 1 amide bonds. The average Bonchev–Trinajstić information content (AvgIpc) is 2.57. The van der Waals surface area contributed by atoms with Gasteiger partial charge in [0.05, 0.1) is 6.61 Å². The van der Waals surface area contributed by atoms with Gasteiger partial charge in [-0.25, -0.2) is 0 Å². The zero-order valence-corrected chi connectivity index (χ0v) is 12.6. The first-order valence-electron chi connectivity index (χ1n) is 7.57. The maximum Gasteiger partial charge on any atom is 0.255 e.